The van der Waals surface area contributed by atoms with Gasteiger partial charge in [0.1, 0.15) is 0 Å². The third-order valence-corrected chi connectivity index (χ3v) is 2.97. The van der Waals surface area contributed by atoms with Crippen LogP contribution in [0.3, 0.4) is 0 Å². The minimum Gasteiger partial charge on any atom is -0.469 e. The molecule has 18 heavy (non-hydrogen) atoms. The van der Waals surface area contributed by atoms with E-state index in [0.717, 1.165) is 22.5 Å². The van der Waals surface area contributed by atoms with Crippen LogP contribution in [0.4, 0.5) is 0 Å². The number of H-pyrrole nitrogens is 1. The van der Waals surface area contributed by atoms with Gasteiger partial charge in [0.2, 0.25) is 0 Å². The first-order chi connectivity index (χ1) is 8.60. The molecular weight excluding hydrogens is 252 g/mol. The van der Waals surface area contributed by atoms with Gasteiger partial charge in [-0.3, -0.25) is 9.89 Å². The second-order valence-electron chi connectivity index (χ2n) is 4.00. The number of aromatic amines is 1. The summed E-state index contributed by atoms with van der Waals surface area (Å²) in [6.07, 6.45) is 0.176. The van der Waals surface area contributed by atoms with Crippen molar-refractivity contribution in [2.75, 3.05) is 7.11 Å². The van der Waals surface area contributed by atoms with E-state index in [9.17, 15) is 4.79 Å². The molecule has 0 atom stereocenters. The lowest BCUT2D eigenvalue weighted by Crippen LogP contribution is -2.04. The van der Waals surface area contributed by atoms with Crippen LogP contribution < -0.4 is 0 Å². The Kier molecular flexibility index (Phi) is 3.67. The Balaban J connectivity index is 2.27. The number of hydrogen-bond donors (Lipinski definition) is 1. The van der Waals surface area contributed by atoms with Gasteiger partial charge in [0.25, 0.3) is 0 Å². The third kappa shape index (κ3) is 2.71. The topological polar surface area (TPSA) is 55.0 Å². The van der Waals surface area contributed by atoms with Gasteiger partial charge < -0.3 is 4.74 Å². The summed E-state index contributed by atoms with van der Waals surface area (Å²) in [7, 11) is 1.36. The molecule has 94 valence electrons. The van der Waals surface area contributed by atoms with E-state index in [2.05, 4.69) is 14.9 Å². The molecule has 0 aliphatic heterocycles. The van der Waals surface area contributed by atoms with E-state index in [0.29, 0.717) is 5.02 Å². The molecule has 0 bridgehead atoms. The number of esters is 1. The quantitative estimate of drug-likeness (QED) is 0.868. The summed E-state index contributed by atoms with van der Waals surface area (Å²) in [5.74, 6) is -0.305. The maximum Gasteiger partial charge on any atom is 0.310 e. The van der Waals surface area contributed by atoms with Crippen molar-refractivity contribution in [2.24, 2.45) is 0 Å². The number of ether oxygens (including phenoxy) is 1. The molecule has 0 saturated carbocycles. The highest BCUT2D eigenvalue weighted by molar-refractivity contribution is 6.31. The van der Waals surface area contributed by atoms with Crippen LogP contribution in [-0.4, -0.2) is 23.3 Å². The van der Waals surface area contributed by atoms with Crippen LogP contribution in [0.5, 0.6) is 0 Å². The Morgan fingerprint density at radius 3 is 2.78 bits per heavy atom. The van der Waals surface area contributed by atoms with Gasteiger partial charge in [0.05, 0.1) is 19.2 Å². The number of methoxy groups -OCH3 is 1. The minimum atomic E-state index is -0.305. The fourth-order valence-electron chi connectivity index (χ4n) is 1.64. The Morgan fingerprint density at radius 2 is 2.22 bits per heavy atom. The number of aryl methyl sites for hydroxylation is 1. The van der Waals surface area contributed by atoms with E-state index in [-0.39, 0.29) is 12.4 Å². The van der Waals surface area contributed by atoms with Gasteiger partial charge in [-0.25, -0.2) is 0 Å². The van der Waals surface area contributed by atoms with Crippen molar-refractivity contribution < 1.29 is 9.53 Å². The summed E-state index contributed by atoms with van der Waals surface area (Å²) in [6.45, 7) is 1.93. The predicted octanol–water partition coefficient (Wildman–Crippen LogP) is 2.75. The second-order valence-corrected chi connectivity index (χ2v) is 4.40. The molecule has 5 heteroatoms. The van der Waals surface area contributed by atoms with Crippen molar-refractivity contribution in [2.45, 2.75) is 13.3 Å². The lowest BCUT2D eigenvalue weighted by atomic mass is 10.1. The monoisotopic (exact) mass is 264 g/mol. The van der Waals surface area contributed by atoms with Gasteiger partial charge in [0.15, 0.2) is 0 Å². The number of halogens is 1. The van der Waals surface area contributed by atoms with E-state index < -0.39 is 0 Å². The van der Waals surface area contributed by atoms with Crippen molar-refractivity contribution in [3.05, 3.63) is 40.5 Å². The molecule has 0 saturated heterocycles. The normalized spacial score (nSPS) is 10.4. The standard InChI is InChI=1S/C13H13ClN2O2/c1-8-5-12(16-15-8)10-4-3-9(11(14)6-10)7-13(17)18-2/h3-6H,7H2,1-2H3,(H,15,16). The van der Waals surface area contributed by atoms with Gasteiger partial charge in [-0.15, -0.1) is 0 Å². The third-order valence-electron chi connectivity index (χ3n) is 2.62. The number of hydrogen-bond acceptors (Lipinski definition) is 3. The van der Waals surface area contributed by atoms with E-state index in [1.807, 2.05) is 25.1 Å². The summed E-state index contributed by atoms with van der Waals surface area (Å²) < 4.78 is 4.61. The fraction of sp³-hybridized carbons (Fsp3) is 0.231. The molecule has 0 amide bonds. The van der Waals surface area contributed by atoms with Crippen molar-refractivity contribution in [3.63, 3.8) is 0 Å². The first-order valence-corrected chi connectivity index (χ1v) is 5.85. The average Bonchev–Trinajstić information content (AvgIpc) is 2.78. The molecule has 1 aromatic carbocycles. The van der Waals surface area contributed by atoms with Gasteiger partial charge in [0, 0.05) is 16.3 Å². The molecule has 0 aliphatic carbocycles. The number of carbonyl (C=O) groups is 1. The van der Waals surface area contributed by atoms with Gasteiger partial charge in [-0.2, -0.15) is 5.10 Å². The van der Waals surface area contributed by atoms with Crippen molar-refractivity contribution >= 4 is 17.6 Å². The number of nitrogens with one attached hydrogen (secondary N) is 1. The van der Waals surface area contributed by atoms with Gasteiger partial charge >= 0.3 is 5.97 Å². The summed E-state index contributed by atoms with van der Waals surface area (Å²) in [5.41, 5.74) is 3.48. The summed E-state index contributed by atoms with van der Waals surface area (Å²) in [5, 5.41) is 7.57. The number of carbonyl (C=O) groups excluding carboxylic acids is 1. The van der Waals surface area contributed by atoms with E-state index in [1.54, 1.807) is 6.07 Å². The Hall–Kier alpha value is -1.81. The molecule has 0 fully saturated rings. The van der Waals surface area contributed by atoms with Gasteiger partial charge in [-0.05, 0) is 24.6 Å². The number of aromatic nitrogens is 2. The molecule has 1 aromatic heterocycles. The Labute approximate surface area is 110 Å². The predicted molar refractivity (Wildman–Crippen MR) is 69.5 cm³/mol. The lowest BCUT2D eigenvalue weighted by molar-refractivity contribution is -0.139. The van der Waals surface area contributed by atoms with Crippen molar-refractivity contribution in [1.82, 2.24) is 10.2 Å². The second kappa shape index (κ2) is 5.23. The maximum atomic E-state index is 11.2. The number of rotatable bonds is 3. The molecule has 0 unspecified atom stereocenters. The molecule has 0 radical (unpaired) electrons. The van der Waals surface area contributed by atoms with Crippen LogP contribution in [0.15, 0.2) is 24.3 Å². The maximum absolute atomic E-state index is 11.2. The highest BCUT2D eigenvalue weighted by atomic mass is 35.5. The zero-order chi connectivity index (χ0) is 13.1. The first kappa shape index (κ1) is 12.6. The largest absolute Gasteiger partial charge is 0.469 e. The van der Waals surface area contributed by atoms with Crippen LogP contribution >= 0.6 is 11.6 Å². The van der Waals surface area contributed by atoms with Crippen molar-refractivity contribution in [3.8, 4) is 11.3 Å². The highest BCUT2D eigenvalue weighted by Gasteiger charge is 2.09. The van der Waals surface area contributed by atoms with E-state index >= 15 is 0 Å². The summed E-state index contributed by atoms with van der Waals surface area (Å²) >= 11 is 6.14. The number of benzene rings is 1. The molecule has 0 spiro atoms. The van der Waals surface area contributed by atoms with Gasteiger partial charge in [-0.1, -0.05) is 23.7 Å². The van der Waals surface area contributed by atoms with Crippen LogP contribution in [0, 0.1) is 6.92 Å². The molecule has 2 aromatic rings. The van der Waals surface area contributed by atoms with Crippen LogP contribution in [-0.2, 0) is 16.0 Å². The highest BCUT2D eigenvalue weighted by Crippen LogP contribution is 2.25. The fourth-order valence-corrected chi connectivity index (χ4v) is 1.89. The molecular formula is C13H13ClN2O2. The first-order valence-electron chi connectivity index (χ1n) is 5.48. The molecule has 0 aliphatic rings. The Morgan fingerprint density at radius 1 is 1.44 bits per heavy atom. The SMILES string of the molecule is COC(=O)Cc1ccc(-c2cc(C)[nH]n2)cc1Cl. The van der Waals surface area contributed by atoms with Crippen LogP contribution in [0.1, 0.15) is 11.3 Å². The Bertz CT molecular complexity index is 578. The van der Waals surface area contributed by atoms with Crippen molar-refractivity contribution in [1.29, 1.82) is 0 Å². The summed E-state index contributed by atoms with van der Waals surface area (Å²) in [6, 6.07) is 7.44. The molecule has 4 nitrogen and oxygen atoms in total. The summed E-state index contributed by atoms with van der Waals surface area (Å²) in [4.78, 5) is 11.2. The smallest absolute Gasteiger partial charge is 0.310 e. The zero-order valence-corrected chi connectivity index (χ0v) is 10.9. The average molecular weight is 265 g/mol. The lowest BCUT2D eigenvalue weighted by Gasteiger charge is -2.04. The zero-order valence-electron chi connectivity index (χ0n) is 10.2. The minimum absolute atomic E-state index is 0.176. The molecule has 1 N–H and O–H groups in total. The molecule has 1 heterocycles. The number of nitrogens with zero attached hydrogens (tertiary/aromatic N) is 1. The van der Waals surface area contributed by atoms with E-state index in [4.69, 9.17) is 11.6 Å². The van der Waals surface area contributed by atoms with Crippen LogP contribution in [0.25, 0.3) is 11.3 Å². The van der Waals surface area contributed by atoms with Crippen LogP contribution in [0.2, 0.25) is 5.02 Å². The van der Waals surface area contributed by atoms with E-state index in [1.165, 1.54) is 7.11 Å². The molecule has 2 rings (SSSR count).